The van der Waals surface area contributed by atoms with Crippen molar-refractivity contribution in [3.05, 3.63) is 64.5 Å². The minimum absolute atomic E-state index is 0.128. The van der Waals surface area contributed by atoms with Crippen molar-refractivity contribution in [3.63, 3.8) is 0 Å². The molecule has 6 nitrogen and oxygen atoms in total. The fraction of sp³-hybridized carbons (Fsp3) is 0.304. The summed E-state index contributed by atoms with van der Waals surface area (Å²) in [6.07, 6.45) is 3.20. The number of amides is 1. The van der Waals surface area contributed by atoms with E-state index in [1.54, 1.807) is 12.1 Å². The molecule has 1 fully saturated rings. The summed E-state index contributed by atoms with van der Waals surface area (Å²) in [5, 5.41) is 3.72. The van der Waals surface area contributed by atoms with Crippen LogP contribution < -0.4 is 20.6 Å². The number of carbonyl (C=O) groups excluding carboxylic acids is 1. The van der Waals surface area contributed by atoms with Gasteiger partial charge in [0, 0.05) is 42.0 Å². The normalized spacial score (nSPS) is 13.6. The van der Waals surface area contributed by atoms with E-state index in [1.807, 2.05) is 37.3 Å². The molecule has 29 heavy (non-hydrogen) atoms. The molecule has 1 amide bonds. The molecular weight excluding hydrogens is 368 g/mol. The second kappa shape index (κ2) is 8.39. The van der Waals surface area contributed by atoms with Crippen LogP contribution in [0.25, 0.3) is 11.0 Å². The quantitative estimate of drug-likeness (QED) is 0.643. The van der Waals surface area contributed by atoms with E-state index in [2.05, 4.69) is 10.2 Å². The van der Waals surface area contributed by atoms with Crippen LogP contribution in [0.3, 0.4) is 0 Å². The molecule has 4 rings (SSSR count). The zero-order valence-corrected chi connectivity index (χ0v) is 16.4. The van der Waals surface area contributed by atoms with Crippen molar-refractivity contribution in [3.8, 4) is 5.75 Å². The van der Waals surface area contributed by atoms with Crippen LogP contribution in [0.1, 0.15) is 25.3 Å². The first-order valence-electron chi connectivity index (χ1n) is 9.97. The highest BCUT2D eigenvalue weighted by Crippen LogP contribution is 2.24. The Balaban J connectivity index is 1.37. The minimum Gasteiger partial charge on any atom is -0.484 e. The van der Waals surface area contributed by atoms with Gasteiger partial charge in [0.15, 0.2) is 6.61 Å². The van der Waals surface area contributed by atoms with E-state index in [1.165, 1.54) is 24.6 Å². The average molecular weight is 392 g/mol. The zero-order valence-electron chi connectivity index (χ0n) is 16.4. The molecule has 1 aromatic heterocycles. The highest BCUT2D eigenvalue weighted by molar-refractivity contribution is 5.92. The number of aryl methyl sites for hydroxylation is 1. The first kappa shape index (κ1) is 19.1. The number of fused-ring (bicyclic) bond motifs is 1. The monoisotopic (exact) mass is 392 g/mol. The highest BCUT2D eigenvalue weighted by Gasteiger charge is 2.12. The summed E-state index contributed by atoms with van der Waals surface area (Å²) in [6, 6.07) is 14.6. The molecule has 0 atom stereocenters. The lowest BCUT2D eigenvalue weighted by molar-refractivity contribution is -0.118. The van der Waals surface area contributed by atoms with Crippen LogP contribution in [-0.4, -0.2) is 25.6 Å². The predicted molar refractivity (Wildman–Crippen MR) is 114 cm³/mol. The van der Waals surface area contributed by atoms with Gasteiger partial charge in [-0.15, -0.1) is 0 Å². The Morgan fingerprint density at radius 1 is 1.10 bits per heavy atom. The fourth-order valence-corrected chi connectivity index (χ4v) is 3.67. The van der Waals surface area contributed by atoms with Gasteiger partial charge >= 0.3 is 5.63 Å². The van der Waals surface area contributed by atoms with Crippen LogP contribution >= 0.6 is 0 Å². The molecule has 1 saturated heterocycles. The van der Waals surface area contributed by atoms with Crippen molar-refractivity contribution < 1.29 is 13.9 Å². The van der Waals surface area contributed by atoms with E-state index in [-0.39, 0.29) is 18.1 Å². The molecule has 1 aliphatic rings. The van der Waals surface area contributed by atoms with Crippen LogP contribution in [0.5, 0.6) is 5.75 Å². The lowest BCUT2D eigenvalue weighted by Gasteiger charge is -2.17. The molecule has 0 saturated carbocycles. The van der Waals surface area contributed by atoms with Crippen molar-refractivity contribution in [1.29, 1.82) is 0 Å². The van der Waals surface area contributed by atoms with Crippen molar-refractivity contribution in [2.75, 3.05) is 29.9 Å². The van der Waals surface area contributed by atoms with Gasteiger partial charge in [0.05, 0.1) is 0 Å². The van der Waals surface area contributed by atoms with Gasteiger partial charge in [-0.05, 0) is 61.2 Å². The van der Waals surface area contributed by atoms with Gasteiger partial charge in [0.1, 0.15) is 11.3 Å². The lowest BCUT2D eigenvalue weighted by atomic mass is 10.1. The molecule has 150 valence electrons. The van der Waals surface area contributed by atoms with Gasteiger partial charge in [-0.1, -0.05) is 6.92 Å². The van der Waals surface area contributed by atoms with E-state index in [0.29, 0.717) is 11.3 Å². The van der Waals surface area contributed by atoms with Gasteiger partial charge in [-0.25, -0.2) is 4.79 Å². The van der Waals surface area contributed by atoms with Crippen molar-refractivity contribution in [2.24, 2.45) is 0 Å². The van der Waals surface area contributed by atoms with Gasteiger partial charge in [0.25, 0.3) is 5.91 Å². The van der Waals surface area contributed by atoms with Crippen LogP contribution in [0.4, 0.5) is 11.4 Å². The molecule has 0 aliphatic carbocycles. The molecule has 0 unspecified atom stereocenters. The molecule has 0 spiro atoms. The van der Waals surface area contributed by atoms with Gasteiger partial charge in [0.2, 0.25) is 0 Å². The number of nitrogens with one attached hydrogen (secondary N) is 1. The maximum Gasteiger partial charge on any atom is 0.336 e. The smallest absolute Gasteiger partial charge is 0.336 e. The van der Waals surface area contributed by atoms with Crippen LogP contribution in [-0.2, 0) is 11.2 Å². The topological polar surface area (TPSA) is 71.8 Å². The number of benzene rings is 2. The molecule has 0 bridgehead atoms. The molecule has 1 aliphatic heterocycles. The third-order valence-corrected chi connectivity index (χ3v) is 5.17. The van der Waals surface area contributed by atoms with Crippen LogP contribution in [0, 0.1) is 0 Å². The number of hydrogen-bond acceptors (Lipinski definition) is 5. The number of nitrogens with zero attached hydrogens (tertiary/aromatic N) is 1. The number of anilines is 2. The highest BCUT2D eigenvalue weighted by atomic mass is 16.5. The Bertz CT molecular complexity index is 1070. The maximum atomic E-state index is 12.2. The van der Waals surface area contributed by atoms with Gasteiger partial charge in [-0.2, -0.15) is 0 Å². The molecule has 2 aromatic carbocycles. The molecular formula is C23H24N2O4. The number of rotatable bonds is 6. The Morgan fingerprint density at radius 3 is 2.59 bits per heavy atom. The van der Waals surface area contributed by atoms with E-state index in [0.717, 1.165) is 36.1 Å². The first-order valence-corrected chi connectivity index (χ1v) is 9.97. The van der Waals surface area contributed by atoms with Gasteiger partial charge in [-0.3, -0.25) is 4.79 Å². The van der Waals surface area contributed by atoms with E-state index in [4.69, 9.17) is 9.15 Å². The second-order valence-electron chi connectivity index (χ2n) is 7.18. The van der Waals surface area contributed by atoms with Crippen molar-refractivity contribution >= 4 is 28.3 Å². The summed E-state index contributed by atoms with van der Waals surface area (Å²) >= 11 is 0. The van der Waals surface area contributed by atoms with Crippen LogP contribution in [0.2, 0.25) is 0 Å². The fourth-order valence-electron chi connectivity index (χ4n) is 3.67. The predicted octanol–water partition coefficient (Wildman–Crippen LogP) is 3.97. The van der Waals surface area contributed by atoms with E-state index >= 15 is 0 Å². The number of ether oxygens (including phenoxy) is 1. The SMILES string of the molecule is CCc1cc(=O)oc2cc(OCC(=O)Nc3ccc(N4CCCC4)cc3)ccc12. The number of carbonyl (C=O) groups is 1. The average Bonchev–Trinajstić information content (AvgIpc) is 3.26. The number of hydrogen-bond donors (Lipinski definition) is 1. The summed E-state index contributed by atoms with van der Waals surface area (Å²) < 4.78 is 10.8. The van der Waals surface area contributed by atoms with Crippen LogP contribution in [0.15, 0.2) is 57.7 Å². The molecule has 6 heteroatoms. The van der Waals surface area contributed by atoms with Gasteiger partial charge < -0.3 is 19.4 Å². The second-order valence-corrected chi connectivity index (χ2v) is 7.18. The summed E-state index contributed by atoms with van der Waals surface area (Å²) in [4.78, 5) is 26.2. The maximum absolute atomic E-state index is 12.2. The summed E-state index contributed by atoms with van der Waals surface area (Å²) in [6.45, 7) is 4.04. The standard InChI is InChI=1S/C23H24N2O4/c1-2-16-13-23(27)29-21-14-19(9-10-20(16)21)28-15-22(26)24-17-5-7-18(8-6-17)25-11-3-4-12-25/h5-10,13-14H,2-4,11-12,15H2,1H3,(H,24,26). The molecule has 2 heterocycles. The third-order valence-electron chi connectivity index (χ3n) is 5.17. The molecule has 3 aromatic rings. The summed E-state index contributed by atoms with van der Waals surface area (Å²) in [5.74, 6) is 0.233. The Labute approximate surface area is 169 Å². The van der Waals surface area contributed by atoms with E-state index < -0.39 is 0 Å². The Morgan fingerprint density at radius 2 is 1.86 bits per heavy atom. The third kappa shape index (κ3) is 4.42. The first-order chi connectivity index (χ1) is 14.1. The Hall–Kier alpha value is -3.28. The lowest BCUT2D eigenvalue weighted by Crippen LogP contribution is -2.20. The largest absolute Gasteiger partial charge is 0.484 e. The van der Waals surface area contributed by atoms with E-state index in [9.17, 15) is 9.59 Å². The minimum atomic E-state index is -0.387. The molecule has 1 N–H and O–H groups in total. The molecule has 0 radical (unpaired) electrons. The summed E-state index contributed by atoms with van der Waals surface area (Å²) in [7, 11) is 0. The zero-order chi connectivity index (χ0) is 20.2. The Kier molecular flexibility index (Phi) is 5.51. The summed E-state index contributed by atoms with van der Waals surface area (Å²) in [5.41, 5.74) is 2.92. The van der Waals surface area contributed by atoms with Crippen molar-refractivity contribution in [1.82, 2.24) is 0 Å². The van der Waals surface area contributed by atoms with Crippen molar-refractivity contribution in [2.45, 2.75) is 26.2 Å².